The molecule has 0 amide bonds. The third kappa shape index (κ3) is 2.96. The molecule has 1 aromatic carbocycles. The first-order valence-electron chi connectivity index (χ1n) is 9.08. The zero-order valence-corrected chi connectivity index (χ0v) is 14.4. The van der Waals surface area contributed by atoms with E-state index < -0.39 is 17.2 Å². The normalized spacial score (nSPS) is 21.0. The second-order valence-corrected chi connectivity index (χ2v) is 7.34. The molecule has 2 aliphatic rings. The Bertz CT molecular complexity index is 936. The fourth-order valence-electron chi connectivity index (χ4n) is 3.80. The van der Waals surface area contributed by atoms with Crippen molar-refractivity contribution in [2.24, 2.45) is 5.73 Å². The van der Waals surface area contributed by atoms with E-state index in [2.05, 4.69) is 0 Å². The summed E-state index contributed by atoms with van der Waals surface area (Å²) in [6.45, 7) is 1.29. The number of aromatic carboxylic acids is 1. The Morgan fingerprint density at radius 3 is 2.69 bits per heavy atom. The molecule has 1 aliphatic carbocycles. The molecule has 7 heteroatoms. The van der Waals surface area contributed by atoms with E-state index in [4.69, 9.17) is 5.73 Å². The first kappa shape index (κ1) is 17.0. The molecule has 6 nitrogen and oxygen atoms in total. The molecule has 0 bridgehead atoms. The lowest BCUT2D eigenvalue weighted by atomic mass is 10.1. The van der Waals surface area contributed by atoms with E-state index in [0.717, 1.165) is 38.6 Å². The number of fused-ring (bicyclic) bond motifs is 1. The molecule has 1 aromatic heterocycles. The number of carboxylic acids is 1. The minimum atomic E-state index is -1.28. The van der Waals surface area contributed by atoms with Gasteiger partial charge in [0, 0.05) is 36.8 Å². The summed E-state index contributed by atoms with van der Waals surface area (Å²) < 4.78 is 16.7. The molecule has 2 fully saturated rings. The van der Waals surface area contributed by atoms with Gasteiger partial charge in [-0.05, 0) is 37.8 Å². The number of benzene rings is 1. The van der Waals surface area contributed by atoms with Gasteiger partial charge < -0.3 is 20.3 Å². The van der Waals surface area contributed by atoms with E-state index in [9.17, 15) is 19.1 Å². The average Bonchev–Trinajstić information content (AvgIpc) is 3.43. The van der Waals surface area contributed by atoms with Gasteiger partial charge in [-0.15, -0.1) is 0 Å². The number of nitrogens with zero attached hydrogens (tertiary/aromatic N) is 2. The standard InChI is InChI=1S/C19H22FN3O3/c20-15-7-13-16(8-17(15)22-6-2-1-3-11(21)9-22)23(12-4-5-12)10-14(18(13)24)19(25)26/h7-8,10-12H,1-6,9,21H2,(H,25,26)/t11-/m0/s1. The van der Waals surface area contributed by atoms with E-state index >= 15 is 0 Å². The third-order valence-corrected chi connectivity index (χ3v) is 5.32. The number of anilines is 1. The summed E-state index contributed by atoms with van der Waals surface area (Å²) in [5.74, 6) is -1.79. The Morgan fingerprint density at radius 1 is 1.23 bits per heavy atom. The van der Waals surface area contributed by atoms with Gasteiger partial charge in [-0.2, -0.15) is 0 Å². The average molecular weight is 359 g/mol. The van der Waals surface area contributed by atoms with Crippen molar-refractivity contribution in [1.29, 1.82) is 0 Å². The van der Waals surface area contributed by atoms with Gasteiger partial charge in [0.05, 0.1) is 11.2 Å². The van der Waals surface area contributed by atoms with Crippen LogP contribution in [0.4, 0.5) is 10.1 Å². The van der Waals surface area contributed by atoms with Crippen LogP contribution in [-0.2, 0) is 0 Å². The van der Waals surface area contributed by atoms with Gasteiger partial charge in [0.15, 0.2) is 0 Å². The third-order valence-electron chi connectivity index (χ3n) is 5.32. The molecular formula is C19H22FN3O3. The Labute approximate surface area is 150 Å². The predicted molar refractivity (Wildman–Crippen MR) is 97.4 cm³/mol. The number of nitrogens with two attached hydrogens (primary N) is 1. The van der Waals surface area contributed by atoms with Gasteiger partial charge in [-0.1, -0.05) is 6.42 Å². The van der Waals surface area contributed by atoms with Crippen LogP contribution < -0.4 is 16.1 Å². The van der Waals surface area contributed by atoms with Gasteiger partial charge in [-0.3, -0.25) is 4.79 Å². The number of aromatic nitrogens is 1. The lowest BCUT2D eigenvalue weighted by Crippen LogP contribution is -2.36. The topological polar surface area (TPSA) is 88.6 Å². The molecule has 1 atom stereocenters. The highest BCUT2D eigenvalue weighted by molar-refractivity contribution is 5.93. The Balaban J connectivity index is 1.90. The molecule has 2 heterocycles. The summed E-state index contributed by atoms with van der Waals surface area (Å²) in [5.41, 5.74) is 6.19. The maximum Gasteiger partial charge on any atom is 0.341 e. The number of hydrogen-bond acceptors (Lipinski definition) is 4. The van der Waals surface area contributed by atoms with Crippen molar-refractivity contribution in [2.75, 3.05) is 18.0 Å². The summed E-state index contributed by atoms with van der Waals surface area (Å²) in [6, 6.07) is 3.04. The SMILES string of the molecule is N[C@H]1CCCCN(c2cc3c(cc2F)c(=O)c(C(=O)O)cn3C2CC2)C1. The predicted octanol–water partition coefficient (Wildman–Crippen LogP) is 2.49. The zero-order valence-electron chi connectivity index (χ0n) is 14.4. The van der Waals surface area contributed by atoms with Gasteiger partial charge in [0.25, 0.3) is 0 Å². The monoisotopic (exact) mass is 359 g/mol. The smallest absolute Gasteiger partial charge is 0.341 e. The maximum atomic E-state index is 14.8. The lowest BCUT2D eigenvalue weighted by Gasteiger charge is -2.26. The van der Waals surface area contributed by atoms with Crippen LogP contribution >= 0.6 is 0 Å². The van der Waals surface area contributed by atoms with Gasteiger partial charge in [-0.25, -0.2) is 9.18 Å². The van der Waals surface area contributed by atoms with E-state index in [0.29, 0.717) is 17.7 Å². The van der Waals surface area contributed by atoms with Crippen molar-refractivity contribution in [1.82, 2.24) is 4.57 Å². The zero-order chi connectivity index (χ0) is 18.4. The minimum Gasteiger partial charge on any atom is -0.477 e. The fraction of sp³-hybridized carbons (Fsp3) is 0.474. The molecule has 3 N–H and O–H groups in total. The van der Waals surface area contributed by atoms with E-state index in [1.165, 1.54) is 12.3 Å². The molecule has 0 radical (unpaired) electrons. The molecule has 1 saturated heterocycles. The highest BCUT2D eigenvalue weighted by atomic mass is 19.1. The summed E-state index contributed by atoms with van der Waals surface area (Å²) in [5, 5.41) is 9.43. The summed E-state index contributed by atoms with van der Waals surface area (Å²) >= 11 is 0. The van der Waals surface area contributed by atoms with Crippen LogP contribution in [0.15, 0.2) is 23.1 Å². The first-order valence-corrected chi connectivity index (χ1v) is 9.08. The number of hydrogen-bond donors (Lipinski definition) is 2. The van der Waals surface area contributed by atoms with Crippen molar-refractivity contribution >= 4 is 22.6 Å². The first-order chi connectivity index (χ1) is 12.5. The van der Waals surface area contributed by atoms with Crippen molar-refractivity contribution in [3.05, 3.63) is 39.9 Å². The number of carbonyl (C=O) groups is 1. The van der Waals surface area contributed by atoms with E-state index in [1.54, 1.807) is 6.07 Å². The van der Waals surface area contributed by atoms with Crippen LogP contribution in [-0.4, -0.2) is 34.8 Å². The van der Waals surface area contributed by atoms with E-state index in [1.807, 2.05) is 9.47 Å². The highest BCUT2D eigenvalue weighted by Gasteiger charge is 2.28. The fourth-order valence-corrected chi connectivity index (χ4v) is 3.80. The molecule has 26 heavy (non-hydrogen) atoms. The van der Waals surface area contributed by atoms with Crippen LogP contribution in [0.5, 0.6) is 0 Å². The number of rotatable bonds is 3. The number of halogens is 1. The van der Waals surface area contributed by atoms with Gasteiger partial charge >= 0.3 is 5.97 Å². The molecule has 0 spiro atoms. The Morgan fingerprint density at radius 2 is 2.00 bits per heavy atom. The molecular weight excluding hydrogens is 337 g/mol. The molecule has 138 valence electrons. The molecule has 2 aromatic rings. The number of carboxylic acid groups (broad SMARTS) is 1. The van der Waals surface area contributed by atoms with Crippen LogP contribution in [0, 0.1) is 5.82 Å². The van der Waals surface area contributed by atoms with Crippen molar-refractivity contribution in [3.8, 4) is 0 Å². The molecule has 0 unspecified atom stereocenters. The summed E-state index contributed by atoms with van der Waals surface area (Å²) in [7, 11) is 0. The Hall–Kier alpha value is -2.41. The van der Waals surface area contributed by atoms with Crippen LogP contribution in [0.3, 0.4) is 0 Å². The second kappa shape index (κ2) is 6.39. The van der Waals surface area contributed by atoms with Gasteiger partial charge in [0.2, 0.25) is 5.43 Å². The second-order valence-electron chi connectivity index (χ2n) is 7.34. The number of pyridine rings is 1. The molecule has 1 saturated carbocycles. The molecule has 1 aliphatic heterocycles. The van der Waals surface area contributed by atoms with Gasteiger partial charge in [0.1, 0.15) is 11.4 Å². The quantitative estimate of drug-likeness (QED) is 0.879. The largest absolute Gasteiger partial charge is 0.477 e. The van der Waals surface area contributed by atoms with Crippen molar-refractivity contribution in [3.63, 3.8) is 0 Å². The Kier molecular flexibility index (Phi) is 4.19. The van der Waals surface area contributed by atoms with Crippen LogP contribution in [0.1, 0.15) is 48.5 Å². The lowest BCUT2D eigenvalue weighted by molar-refractivity contribution is 0.0695. The van der Waals surface area contributed by atoms with Crippen molar-refractivity contribution < 1.29 is 14.3 Å². The minimum absolute atomic E-state index is 0.00684. The van der Waals surface area contributed by atoms with E-state index in [-0.39, 0.29) is 23.0 Å². The van der Waals surface area contributed by atoms with Crippen molar-refractivity contribution in [2.45, 2.75) is 44.2 Å². The molecule has 4 rings (SSSR count). The highest BCUT2D eigenvalue weighted by Crippen LogP contribution is 2.38. The van der Waals surface area contributed by atoms with Crippen LogP contribution in [0.25, 0.3) is 10.9 Å². The van der Waals surface area contributed by atoms with Crippen LogP contribution in [0.2, 0.25) is 0 Å². The maximum absolute atomic E-state index is 14.8. The summed E-state index contributed by atoms with van der Waals surface area (Å²) in [4.78, 5) is 25.9. The summed E-state index contributed by atoms with van der Waals surface area (Å²) in [6.07, 6.45) is 6.14.